The minimum absolute atomic E-state index is 0.0310. The summed E-state index contributed by atoms with van der Waals surface area (Å²) in [5.74, 6) is 0. The van der Waals surface area contributed by atoms with Gasteiger partial charge >= 0.3 is 0 Å². The zero-order valence-corrected chi connectivity index (χ0v) is 12.2. The van der Waals surface area contributed by atoms with Gasteiger partial charge in [-0.15, -0.1) is 9.32 Å². The molecule has 0 heterocycles. The number of hydroxylamine groups is 2. The smallest absolute Gasteiger partial charge is 0.296 e. The summed E-state index contributed by atoms with van der Waals surface area (Å²) in [5, 5.41) is 1.56. The topological polar surface area (TPSA) is 102 Å². The maximum atomic E-state index is 11.1. The summed E-state index contributed by atoms with van der Waals surface area (Å²) >= 11 is 0.823. The molecule has 7 nitrogen and oxygen atoms in total. The summed E-state index contributed by atoms with van der Waals surface area (Å²) in [4.78, 5) is 5.03. The second-order valence-electron chi connectivity index (χ2n) is 3.51. The minimum atomic E-state index is -4.35. The van der Waals surface area contributed by atoms with Crippen LogP contribution in [0.3, 0.4) is 0 Å². The van der Waals surface area contributed by atoms with E-state index in [4.69, 9.17) is 19.6 Å². The van der Waals surface area contributed by atoms with Crippen molar-refractivity contribution in [3.8, 4) is 0 Å². The molecule has 0 aliphatic rings. The Labute approximate surface area is 116 Å². The van der Waals surface area contributed by atoms with Crippen molar-refractivity contribution in [3.63, 3.8) is 0 Å². The quantitative estimate of drug-likeness (QED) is 0.258. The fourth-order valence-corrected chi connectivity index (χ4v) is 2.42. The molecular formula is C10H16N2O5S2. The molecule has 0 amide bonds. The molecule has 0 radical (unpaired) electrons. The number of anilines is 1. The van der Waals surface area contributed by atoms with E-state index in [0.717, 1.165) is 12.0 Å². The van der Waals surface area contributed by atoms with Crippen LogP contribution >= 0.6 is 12.0 Å². The van der Waals surface area contributed by atoms with Crippen molar-refractivity contribution >= 4 is 27.8 Å². The molecule has 19 heavy (non-hydrogen) atoms. The lowest BCUT2D eigenvalue weighted by Crippen LogP contribution is -2.22. The summed E-state index contributed by atoms with van der Waals surface area (Å²) < 4.78 is 36.0. The number of rotatable bonds is 7. The van der Waals surface area contributed by atoms with E-state index < -0.39 is 10.1 Å². The van der Waals surface area contributed by atoms with Crippen LogP contribution in [0.4, 0.5) is 5.69 Å². The van der Waals surface area contributed by atoms with Crippen LogP contribution < -0.4 is 5.73 Å². The van der Waals surface area contributed by atoms with Crippen LogP contribution in [0.25, 0.3) is 0 Å². The Hall–Kier alpha value is -0.840. The average molecular weight is 308 g/mol. The van der Waals surface area contributed by atoms with Gasteiger partial charge < -0.3 is 5.73 Å². The van der Waals surface area contributed by atoms with Gasteiger partial charge in [0.15, 0.2) is 0 Å². The van der Waals surface area contributed by atoms with Gasteiger partial charge in [0.25, 0.3) is 10.1 Å². The van der Waals surface area contributed by atoms with Crippen LogP contribution in [0, 0.1) is 0 Å². The van der Waals surface area contributed by atoms with E-state index in [0.29, 0.717) is 18.0 Å². The summed E-state index contributed by atoms with van der Waals surface area (Å²) in [7, 11) is -4.35. The second kappa shape index (κ2) is 7.08. The lowest BCUT2D eigenvalue weighted by Gasteiger charge is -2.14. The van der Waals surface area contributed by atoms with E-state index in [9.17, 15) is 8.42 Å². The van der Waals surface area contributed by atoms with Crippen molar-refractivity contribution in [2.75, 3.05) is 18.8 Å². The van der Waals surface area contributed by atoms with Gasteiger partial charge in [-0.3, -0.25) is 4.55 Å². The third-order valence-electron chi connectivity index (χ3n) is 2.23. The molecule has 108 valence electrons. The number of nitrogens with two attached hydrogens (primary N) is 1. The average Bonchev–Trinajstić information content (AvgIpc) is 2.35. The molecule has 0 fully saturated rings. The molecular weight excluding hydrogens is 292 g/mol. The number of nitrogens with zero attached hydrogens (tertiary/aromatic N) is 1. The number of nitrogen functional groups attached to an aromatic ring is 1. The molecule has 0 unspecified atom stereocenters. The van der Waals surface area contributed by atoms with Crippen molar-refractivity contribution in [2.24, 2.45) is 0 Å². The van der Waals surface area contributed by atoms with Crippen molar-refractivity contribution in [1.82, 2.24) is 5.06 Å². The Morgan fingerprint density at radius 3 is 2.53 bits per heavy atom. The van der Waals surface area contributed by atoms with Gasteiger partial charge in [-0.1, -0.05) is 0 Å². The molecule has 0 aliphatic heterocycles. The maximum Gasteiger partial charge on any atom is 0.296 e. The van der Waals surface area contributed by atoms with E-state index in [2.05, 4.69) is 0 Å². The van der Waals surface area contributed by atoms with Gasteiger partial charge in [-0.2, -0.15) is 13.5 Å². The molecule has 1 aromatic carbocycles. The Morgan fingerprint density at radius 2 is 2.00 bits per heavy atom. The minimum Gasteiger partial charge on any atom is -0.398 e. The fraction of sp³-hybridized carbons (Fsp3) is 0.400. The van der Waals surface area contributed by atoms with Crippen molar-refractivity contribution in [3.05, 3.63) is 18.2 Å². The molecule has 0 aliphatic carbocycles. The highest BCUT2D eigenvalue weighted by molar-refractivity contribution is 7.94. The highest BCUT2D eigenvalue weighted by Crippen LogP contribution is 2.26. The summed E-state index contributed by atoms with van der Waals surface area (Å²) in [6, 6.07) is 4.13. The van der Waals surface area contributed by atoms with Crippen LogP contribution in [0.2, 0.25) is 0 Å². The third kappa shape index (κ3) is 4.97. The van der Waals surface area contributed by atoms with Gasteiger partial charge in [0.1, 0.15) is 4.90 Å². The molecule has 0 aromatic heterocycles. The second-order valence-corrected chi connectivity index (χ2v) is 5.68. The van der Waals surface area contributed by atoms with Crippen LogP contribution in [-0.4, -0.2) is 31.1 Å². The highest BCUT2D eigenvalue weighted by Gasteiger charge is 2.15. The molecule has 1 rings (SSSR count). The van der Waals surface area contributed by atoms with Gasteiger partial charge in [-0.25, -0.2) is 0 Å². The summed E-state index contributed by atoms with van der Waals surface area (Å²) in [6.45, 7) is 5.10. The monoisotopic (exact) mass is 308 g/mol. The number of benzene rings is 1. The van der Waals surface area contributed by atoms with E-state index in [1.165, 1.54) is 12.1 Å². The molecule has 0 spiro atoms. The van der Waals surface area contributed by atoms with Crippen LogP contribution in [0.15, 0.2) is 28.0 Å². The molecule has 9 heteroatoms. The zero-order chi connectivity index (χ0) is 14.5. The standard InChI is InChI=1S/C10H16N2O5S2/c1-3-12(4-2)16-17-18-8-5-6-9(11)10(7-8)19(13,14)15/h5-7H,3-4,11H2,1-2H3,(H,13,14,15). The molecule has 0 saturated carbocycles. The first-order valence-electron chi connectivity index (χ1n) is 5.51. The Kier molecular flexibility index (Phi) is 6.04. The Morgan fingerprint density at radius 1 is 1.37 bits per heavy atom. The van der Waals surface area contributed by atoms with E-state index in [1.54, 1.807) is 11.1 Å². The van der Waals surface area contributed by atoms with Crippen LogP contribution in [0.5, 0.6) is 0 Å². The maximum absolute atomic E-state index is 11.1. The first-order valence-corrected chi connectivity index (χ1v) is 7.70. The Balaban J connectivity index is 2.71. The van der Waals surface area contributed by atoms with Crippen molar-refractivity contribution < 1.29 is 22.3 Å². The van der Waals surface area contributed by atoms with Crippen LogP contribution in [0.1, 0.15) is 13.8 Å². The molecule has 0 saturated heterocycles. The van der Waals surface area contributed by atoms with Gasteiger partial charge in [0.2, 0.25) is 0 Å². The first-order chi connectivity index (χ1) is 8.88. The van der Waals surface area contributed by atoms with Gasteiger partial charge in [-0.05, 0) is 32.0 Å². The lowest BCUT2D eigenvalue weighted by molar-refractivity contribution is -0.357. The molecule has 3 N–H and O–H groups in total. The molecule has 0 atom stereocenters. The fourth-order valence-electron chi connectivity index (χ4n) is 1.22. The van der Waals surface area contributed by atoms with Crippen LogP contribution in [-0.2, 0) is 19.4 Å². The van der Waals surface area contributed by atoms with Gasteiger partial charge in [0.05, 0.1) is 17.7 Å². The number of hydrogen-bond donors (Lipinski definition) is 2. The SMILES string of the molecule is CCN(CC)OOSc1ccc(N)c(S(=O)(=O)O)c1. The first kappa shape index (κ1) is 16.2. The Bertz CT molecular complexity index is 517. The molecule has 0 bridgehead atoms. The van der Waals surface area contributed by atoms with E-state index in [-0.39, 0.29) is 10.6 Å². The lowest BCUT2D eigenvalue weighted by atomic mass is 10.3. The van der Waals surface area contributed by atoms with E-state index >= 15 is 0 Å². The largest absolute Gasteiger partial charge is 0.398 e. The third-order valence-corrected chi connectivity index (χ3v) is 3.72. The predicted octanol–water partition coefficient (Wildman–Crippen LogP) is 1.73. The highest BCUT2D eigenvalue weighted by atomic mass is 32.2. The summed E-state index contributed by atoms with van der Waals surface area (Å²) in [5.41, 5.74) is 5.44. The summed E-state index contributed by atoms with van der Waals surface area (Å²) in [6.07, 6.45) is 0. The zero-order valence-electron chi connectivity index (χ0n) is 10.6. The van der Waals surface area contributed by atoms with Gasteiger partial charge in [0, 0.05) is 18.0 Å². The van der Waals surface area contributed by atoms with Crippen molar-refractivity contribution in [1.29, 1.82) is 0 Å². The molecule has 1 aromatic rings. The predicted molar refractivity (Wildman–Crippen MR) is 71.6 cm³/mol. The van der Waals surface area contributed by atoms with Crippen molar-refractivity contribution in [2.45, 2.75) is 23.6 Å². The van der Waals surface area contributed by atoms with E-state index in [1.807, 2.05) is 13.8 Å². The number of hydrogen-bond acceptors (Lipinski definition) is 7. The normalized spacial score (nSPS) is 12.0.